The molecule has 2 nitrogen and oxygen atoms in total. The van der Waals surface area contributed by atoms with Gasteiger partial charge < -0.3 is 4.57 Å². The van der Waals surface area contributed by atoms with Gasteiger partial charge in [-0.05, 0) is 96.9 Å². The lowest BCUT2D eigenvalue weighted by Gasteiger charge is -2.22. The van der Waals surface area contributed by atoms with Crippen LogP contribution in [-0.4, -0.2) is 9.55 Å². The molecule has 46 heavy (non-hydrogen) atoms. The van der Waals surface area contributed by atoms with Crippen molar-refractivity contribution in [2.45, 2.75) is 26.2 Å². The van der Waals surface area contributed by atoms with Crippen molar-refractivity contribution in [1.29, 1.82) is 0 Å². The molecule has 6 aromatic carbocycles. The van der Waals surface area contributed by atoms with E-state index in [0.717, 1.165) is 16.8 Å². The second kappa shape index (κ2) is 10.9. The highest BCUT2D eigenvalue weighted by molar-refractivity contribution is 6.19. The fourth-order valence-corrected chi connectivity index (χ4v) is 7.10. The predicted molar refractivity (Wildman–Crippen MR) is 198 cm³/mol. The lowest BCUT2D eigenvalue weighted by Crippen LogP contribution is -2.12. The quantitative estimate of drug-likeness (QED) is 0.195. The van der Waals surface area contributed by atoms with E-state index in [1.54, 1.807) is 0 Å². The Balaban J connectivity index is 1.42. The van der Waals surface area contributed by atoms with Crippen molar-refractivity contribution in [2.75, 3.05) is 0 Å². The van der Waals surface area contributed by atoms with Gasteiger partial charge in [0.15, 0.2) is 0 Å². The molecule has 0 unspecified atom stereocenters. The molecule has 0 aliphatic rings. The Morgan fingerprint density at radius 2 is 1.00 bits per heavy atom. The van der Waals surface area contributed by atoms with Crippen LogP contribution >= 0.6 is 0 Å². The molecule has 0 N–H and O–H groups in total. The summed E-state index contributed by atoms with van der Waals surface area (Å²) < 4.78 is 2.33. The summed E-state index contributed by atoms with van der Waals surface area (Å²) in [7, 11) is 2.18. The topological polar surface area (TPSA) is 17.8 Å². The molecule has 2 aromatic heterocycles. The summed E-state index contributed by atoms with van der Waals surface area (Å²) in [5.74, 6) is 0. The van der Waals surface area contributed by atoms with E-state index >= 15 is 0 Å². The number of fused-ring (bicyclic) bond motifs is 8. The van der Waals surface area contributed by atoms with E-state index in [4.69, 9.17) is 4.98 Å². The van der Waals surface area contributed by atoms with Gasteiger partial charge in [-0.2, -0.15) is 0 Å². The molecule has 8 rings (SSSR count). The van der Waals surface area contributed by atoms with E-state index in [1.165, 1.54) is 65.3 Å². The van der Waals surface area contributed by atoms with Crippen molar-refractivity contribution < 1.29 is 0 Å². The number of hydrogen-bond acceptors (Lipinski definition) is 1. The Morgan fingerprint density at radius 1 is 0.457 bits per heavy atom. The number of aryl methyl sites for hydroxylation is 1. The van der Waals surface area contributed by atoms with Crippen molar-refractivity contribution in [3.8, 4) is 22.4 Å². The Hall–Kier alpha value is -5.47. The molecule has 0 atom stereocenters. The van der Waals surface area contributed by atoms with Gasteiger partial charge in [-0.1, -0.05) is 118 Å². The minimum absolute atomic E-state index is 0.0119. The minimum Gasteiger partial charge on any atom is -0.344 e. The van der Waals surface area contributed by atoms with Gasteiger partial charge in [0.25, 0.3) is 0 Å². The molecule has 0 saturated heterocycles. The van der Waals surface area contributed by atoms with Gasteiger partial charge in [0, 0.05) is 40.6 Å². The third-order valence-electron chi connectivity index (χ3n) is 9.41. The molecule has 8 aromatic rings. The van der Waals surface area contributed by atoms with E-state index in [0.29, 0.717) is 0 Å². The zero-order chi connectivity index (χ0) is 31.4. The summed E-state index contributed by atoms with van der Waals surface area (Å²) in [6.07, 6.45) is 1.95. The smallest absolute Gasteiger partial charge is 0.0708 e. The molecule has 2 heteroatoms. The van der Waals surface area contributed by atoms with Crippen molar-refractivity contribution in [2.24, 2.45) is 7.05 Å². The summed E-state index contributed by atoms with van der Waals surface area (Å²) >= 11 is 0. The van der Waals surface area contributed by atoms with Crippen molar-refractivity contribution in [3.05, 3.63) is 151 Å². The maximum atomic E-state index is 4.89. The molecule has 0 saturated carbocycles. The molecule has 222 valence electrons. The lowest BCUT2D eigenvalue weighted by atomic mass is 9.82. The van der Waals surface area contributed by atoms with Crippen molar-refractivity contribution in [3.63, 3.8) is 0 Å². The first-order valence-electron chi connectivity index (χ1n) is 16.0. The first kappa shape index (κ1) is 28.0. The number of benzene rings is 6. The van der Waals surface area contributed by atoms with Crippen LogP contribution in [0, 0.1) is 0 Å². The summed E-state index contributed by atoms with van der Waals surface area (Å²) in [6, 6.07) is 50.9. The van der Waals surface area contributed by atoms with Gasteiger partial charge in [-0.3, -0.25) is 4.98 Å². The fourth-order valence-electron chi connectivity index (χ4n) is 7.10. The van der Waals surface area contributed by atoms with E-state index < -0.39 is 0 Å². The summed E-state index contributed by atoms with van der Waals surface area (Å²) in [4.78, 5) is 4.89. The van der Waals surface area contributed by atoms with Crippen LogP contribution in [0.3, 0.4) is 0 Å². The van der Waals surface area contributed by atoms with Crippen LogP contribution in [0.5, 0.6) is 0 Å². The fraction of sp³-hybridized carbons (Fsp3) is 0.114. The number of para-hydroxylation sites is 2. The Bertz CT molecular complexity index is 2530. The Morgan fingerprint density at radius 3 is 1.67 bits per heavy atom. The predicted octanol–water partition coefficient (Wildman–Crippen LogP) is 11.9. The van der Waals surface area contributed by atoms with Crippen LogP contribution in [0.4, 0.5) is 0 Å². The standard InChI is InChI=1S/C44H36N2/c1-44(2,3)40-27-32(25-31-13-5-6-14-33(31)40)41-28-30(23-24-45-41)29-21-22-36-38-18-10-12-20-43(38)46(4)42-19-11-9-17-37(42)34-15-7-8-16-35(34)39(36)26-29/h5-28H,1-4H3. The van der Waals surface area contributed by atoms with Crippen LogP contribution in [0.15, 0.2) is 146 Å². The first-order chi connectivity index (χ1) is 22.4. The molecule has 0 fully saturated rings. The third kappa shape index (κ3) is 4.69. The first-order valence-corrected chi connectivity index (χ1v) is 16.0. The van der Waals surface area contributed by atoms with Gasteiger partial charge >= 0.3 is 0 Å². The SMILES string of the molecule is Cn1c2ccccc2c2ccccc2c2cc(-c3ccnc(-c4cc(C(C)(C)C)c5ccccc5c4)c3)ccc2c2ccccc21. The van der Waals surface area contributed by atoms with Crippen LogP contribution in [0.2, 0.25) is 0 Å². The van der Waals surface area contributed by atoms with E-state index in [-0.39, 0.29) is 5.41 Å². The van der Waals surface area contributed by atoms with E-state index in [2.05, 4.69) is 172 Å². The highest BCUT2D eigenvalue weighted by Crippen LogP contribution is 2.37. The van der Waals surface area contributed by atoms with Gasteiger partial charge in [-0.15, -0.1) is 0 Å². The molecule has 0 bridgehead atoms. The maximum Gasteiger partial charge on any atom is 0.0708 e. The molecule has 0 aliphatic carbocycles. The lowest BCUT2D eigenvalue weighted by molar-refractivity contribution is 0.596. The third-order valence-corrected chi connectivity index (χ3v) is 9.41. The molecule has 0 aliphatic heterocycles. The second-order valence-electron chi connectivity index (χ2n) is 13.3. The summed E-state index contributed by atoms with van der Waals surface area (Å²) in [5.41, 5.74) is 8.19. The second-order valence-corrected chi connectivity index (χ2v) is 13.3. The van der Waals surface area contributed by atoms with E-state index in [1.807, 2.05) is 6.20 Å². The van der Waals surface area contributed by atoms with Crippen LogP contribution in [0.25, 0.3) is 76.5 Å². The Kier molecular flexibility index (Phi) is 6.62. The average molecular weight is 593 g/mol. The van der Waals surface area contributed by atoms with Gasteiger partial charge in [0.05, 0.1) is 5.69 Å². The number of hydrogen-bond donors (Lipinski definition) is 0. The average Bonchev–Trinajstić information content (AvgIpc) is 3.13. The van der Waals surface area contributed by atoms with Crippen molar-refractivity contribution >= 4 is 54.1 Å². The minimum atomic E-state index is 0.0119. The number of pyridine rings is 1. The van der Waals surface area contributed by atoms with Gasteiger partial charge in [0.1, 0.15) is 0 Å². The van der Waals surface area contributed by atoms with Crippen LogP contribution in [-0.2, 0) is 12.5 Å². The number of nitrogens with zero attached hydrogens (tertiary/aromatic N) is 2. The zero-order valence-corrected chi connectivity index (χ0v) is 26.8. The van der Waals surface area contributed by atoms with Crippen LogP contribution < -0.4 is 0 Å². The summed E-state index contributed by atoms with van der Waals surface area (Å²) in [5, 5.41) is 9.92. The normalized spacial score (nSPS) is 11.9. The molecule has 0 spiro atoms. The molecule has 2 heterocycles. The Labute approximate surface area is 269 Å². The molecular formula is C44H36N2. The highest BCUT2D eigenvalue weighted by Gasteiger charge is 2.19. The van der Waals surface area contributed by atoms with Crippen LogP contribution in [0.1, 0.15) is 26.3 Å². The number of rotatable bonds is 2. The van der Waals surface area contributed by atoms with Crippen molar-refractivity contribution in [1.82, 2.24) is 9.55 Å². The largest absolute Gasteiger partial charge is 0.344 e. The molecule has 0 amide bonds. The monoisotopic (exact) mass is 592 g/mol. The van der Waals surface area contributed by atoms with Gasteiger partial charge in [-0.25, -0.2) is 0 Å². The number of aromatic nitrogens is 2. The van der Waals surface area contributed by atoms with Gasteiger partial charge in [0.2, 0.25) is 0 Å². The molecule has 0 radical (unpaired) electrons. The maximum absolute atomic E-state index is 4.89. The molecular weight excluding hydrogens is 556 g/mol. The summed E-state index contributed by atoms with van der Waals surface area (Å²) in [6.45, 7) is 6.86. The zero-order valence-electron chi connectivity index (χ0n) is 26.8. The van der Waals surface area contributed by atoms with E-state index in [9.17, 15) is 0 Å². The highest BCUT2D eigenvalue weighted by atomic mass is 14.9.